The smallest absolute Gasteiger partial charge is 0.383 e. The molecule has 0 unspecified atom stereocenters. The first-order valence-electron chi connectivity index (χ1n) is 8.20. The van der Waals surface area contributed by atoms with E-state index in [0.29, 0.717) is 17.6 Å². The van der Waals surface area contributed by atoms with Gasteiger partial charge in [-0.05, 0) is 36.4 Å². The number of alkyl halides is 3. The fourth-order valence-electron chi connectivity index (χ4n) is 2.45. The van der Waals surface area contributed by atoms with Crippen LogP contribution in [-0.4, -0.2) is 25.4 Å². The average Bonchev–Trinajstić information content (AvgIpc) is 2.67. The van der Waals surface area contributed by atoms with Gasteiger partial charge in [0, 0.05) is 18.9 Å². The molecule has 0 radical (unpaired) electrons. The van der Waals surface area contributed by atoms with Crippen molar-refractivity contribution in [3.05, 3.63) is 66.4 Å². The summed E-state index contributed by atoms with van der Waals surface area (Å²) in [6, 6.07) is 14.2. The van der Waals surface area contributed by atoms with E-state index in [2.05, 4.69) is 15.3 Å². The van der Waals surface area contributed by atoms with E-state index in [1.54, 1.807) is 30.3 Å². The summed E-state index contributed by atoms with van der Waals surface area (Å²) in [6.07, 6.45) is -4.07. The third-order valence-corrected chi connectivity index (χ3v) is 5.81. The molecule has 11 heteroatoms. The lowest BCUT2D eigenvalue weighted by Gasteiger charge is -2.19. The number of nitrogens with two attached hydrogens (primary N) is 1. The second-order valence-corrected chi connectivity index (χ2v) is 7.92. The zero-order valence-electron chi connectivity index (χ0n) is 15.1. The Hall–Kier alpha value is -3.34. The number of anilines is 4. The minimum absolute atomic E-state index is 0.0438. The van der Waals surface area contributed by atoms with Gasteiger partial charge >= 0.3 is 6.18 Å². The minimum atomic E-state index is -4.65. The maximum atomic E-state index is 12.7. The Balaban J connectivity index is 1.79. The number of nitrogen functional groups attached to an aromatic ring is 1. The van der Waals surface area contributed by atoms with Gasteiger partial charge in [0.2, 0.25) is 5.95 Å². The number of sulfonamides is 1. The van der Waals surface area contributed by atoms with E-state index in [9.17, 15) is 21.6 Å². The third-order valence-electron chi connectivity index (χ3n) is 4.01. The average molecular weight is 423 g/mol. The predicted molar refractivity (Wildman–Crippen MR) is 103 cm³/mol. The van der Waals surface area contributed by atoms with E-state index in [4.69, 9.17) is 5.73 Å². The molecule has 3 aromatic rings. The van der Waals surface area contributed by atoms with Gasteiger partial charge in [-0.1, -0.05) is 18.2 Å². The summed E-state index contributed by atoms with van der Waals surface area (Å²) in [5.41, 5.74) is 5.09. The summed E-state index contributed by atoms with van der Waals surface area (Å²) in [6.45, 7) is 0. The SMILES string of the molecule is CN(c1ccccc1)S(=O)(=O)c1ccc(Nc2ncc(C(F)(F)F)c(N)n2)cc1. The van der Waals surface area contributed by atoms with E-state index in [0.717, 1.165) is 4.31 Å². The Bertz CT molecular complexity index is 1100. The summed E-state index contributed by atoms with van der Waals surface area (Å²) in [4.78, 5) is 7.22. The van der Waals surface area contributed by atoms with Crippen molar-refractivity contribution in [1.29, 1.82) is 0 Å². The molecule has 1 heterocycles. The Labute approximate surface area is 165 Å². The summed E-state index contributed by atoms with van der Waals surface area (Å²) in [7, 11) is -2.34. The zero-order valence-corrected chi connectivity index (χ0v) is 15.9. The number of rotatable bonds is 5. The Morgan fingerprint density at radius 2 is 1.66 bits per heavy atom. The molecule has 0 fully saturated rings. The lowest BCUT2D eigenvalue weighted by atomic mass is 10.3. The lowest BCUT2D eigenvalue weighted by molar-refractivity contribution is -0.137. The molecule has 152 valence electrons. The first kappa shape index (κ1) is 20.4. The Kier molecular flexibility index (Phi) is 5.33. The van der Waals surface area contributed by atoms with Crippen molar-refractivity contribution < 1.29 is 21.6 Å². The van der Waals surface area contributed by atoms with Crippen molar-refractivity contribution in [1.82, 2.24) is 9.97 Å². The van der Waals surface area contributed by atoms with Crippen molar-refractivity contribution in [3.63, 3.8) is 0 Å². The van der Waals surface area contributed by atoms with Gasteiger partial charge in [0.15, 0.2) is 0 Å². The number of halogens is 3. The van der Waals surface area contributed by atoms with E-state index in [1.165, 1.54) is 31.3 Å². The van der Waals surface area contributed by atoms with Crippen molar-refractivity contribution in [2.24, 2.45) is 0 Å². The molecule has 2 aromatic carbocycles. The number of para-hydroxylation sites is 1. The molecular formula is C18H16F3N5O2S. The first-order chi connectivity index (χ1) is 13.6. The van der Waals surface area contributed by atoms with Gasteiger partial charge in [0.1, 0.15) is 11.4 Å². The number of hydrogen-bond donors (Lipinski definition) is 2. The van der Waals surface area contributed by atoms with Crippen LogP contribution in [0.25, 0.3) is 0 Å². The van der Waals surface area contributed by atoms with Crippen molar-refractivity contribution in [3.8, 4) is 0 Å². The molecule has 3 rings (SSSR count). The maximum Gasteiger partial charge on any atom is 0.421 e. The summed E-state index contributed by atoms with van der Waals surface area (Å²) in [5, 5.41) is 2.68. The number of nitrogens with one attached hydrogen (secondary N) is 1. The molecule has 1 aromatic heterocycles. The third kappa shape index (κ3) is 4.40. The van der Waals surface area contributed by atoms with Crippen molar-refractivity contribution >= 4 is 33.2 Å². The molecule has 0 amide bonds. The number of hydrogen-bond acceptors (Lipinski definition) is 6. The summed E-state index contributed by atoms with van der Waals surface area (Å²) >= 11 is 0. The van der Waals surface area contributed by atoms with Gasteiger partial charge in [-0.3, -0.25) is 4.31 Å². The second kappa shape index (κ2) is 7.59. The highest BCUT2D eigenvalue weighted by molar-refractivity contribution is 7.92. The molecule has 0 bridgehead atoms. The van der Waals surface area contributed by atoms with E-state index in [1.807, 2.05) is 0 Å². The number of aromatic nitrogens is 2. The van der Waals surface area contributed by atoms with Gasteiger partial charge in [-0.25, -0.2) is 13.4 Å². The monoisotopic (exact) mass is 423 g/mol. The number of nitrogens with zero attached hydrogens (tertiary/aromatic N) is 3. The predicted octanol–water partition coefficient (Wildman–Crippen LogP) is 3.65. The minimum Gasteiger partial charge on any atom is -0.383 e. The highest BCUT2D eigenvalue weighted by Gasteiger charge is 2.34. The lowest BCUT2D eigenvalue weighted by Crippen LogP contribution is -2.26. The normalized spacial score (nSPS) is 11.9. The van der Waals surface area contributed by atoms with E-state index >= 15 is 0 Å². The molecule has 3 N–H and O–H groups in total. The van der Waals surface area contributed by atoms with Crippen LogP contribution in [0, 0.1) is 0 Å². The zero-order chi connectivity index (χ0) is 21.2. The molecule has 0 aliphatic heterocycles. The maximum absolute atomic E-state index is 12.7. The van der Waals surface area contributed by atoms with Gasteiger partial charge in [0.25, 0.3) is 10.0 Å². The topological polar surface area (TPSA) is 101 Å². The van der Waals surface area contributed by atoms with Crippen LogP contribution in [0.4, 0.5) is 36.3 Å². The quantitative estimate of drug-likeness (QED) is 0.650. The van der Waals surface area contributed by atoms with Gasteiger partial charge < -0.3 is 11.1 Å². The van der Waals surface area contributed by atoms with Gasteiger partial charge in [-0.2, -0.15) is 18.2 Å². The van der Waals surface area contributed by atoms with Crippen molar-refractivity contribution in [2.45, 2.75) is 11.1 Å². The summed E-state index contributed by atoms with van der Waals surface area (Å²) in [5.74, 6) is -0.855. The molecule has 0 aliphatic carbocycles. The van der Waals surface area contributed by atoms with E-state index < -0.39 is 27.6 Å². The van der Waals surface area contributed by atoms with Crippen LogP contribution in [0.1, 0.15) is 5.56 Å². The molecule has 7 nitrogen and oxygen atoms in total. The number of benzene rings is 2. The summed E-state index contributed by atoms with van der Waals surface area (Å²) < 4.78 is 64.8. The van der Waals surface area contributed by atoms with Crippen molar-refractivity contribution in [2.75, 3.05) is 22.4 Å². The van der Waals surface area contributed by atoms with Crippen LogP contribution in [0.15, 0.2) is 65.7 Å². The van der Waals surface area contributed by atoms with E-state index in [-0.39, 0.29) is 10.8 Å². The molecule has 0 atom stereocenters. The molecule has 0 saturated heterocycles. The van der Waals surface area contributed by atoms with Crippen LogP contribution in [0.5, 0.6) is 0 Å². The van der Waals surface area contributed by atoms with Crippen LogP contribution in [0.3, 0.4) is 0 Å². The standard InChI is InChI=1S/C18H16F3N5O2S/c1-26(13-5-3-2-4-6-13)29(27,28)14-9-7-12(8-10-14)24-17-23-11-15(16(22)25-17)18(19,20)21/h2-11H,1H3,(H3,22,23,24,25). The van der Waals surface area contributed by atoms with Gasteiger partial charge in [-0.15, -0.1) is 0 Å². The Morgan fingerprint density at radius 3 is 2.21 bits per heavy atom. The highest BCUT2D eigenvalue weighted by Crippen LogP contribution is 2.32. The Morgan fingerprint density at radius 1 is 1.03 bits per heavy atom. The van der Waals surface area contributed by atoms with Crippen LogP contribution >= 0.6 is 0 Å². The largest absolute Gasteiger partial charge is 0.421 e. The molecule has 0 spiro atoms. The van der Waals surface area contributed by atoms with Gasteiger partial charge in [0.05, 0.1) is 10.6 Å². The fourth-order valence-corrected chi connectivity index (χ4v) is 3.64. The molecular weight excluding hydrogens is 407 g/mol. The van der Waals surface area contributed by atoms with Crippen LogP contribution in [-0.2, 0) is 16.2 Å². The molecule has 29 heavy (non-hydrogen) atoms. The molecule has 0 saturated carbocycles. The fraction of sp³-hybridized carbons (Fsp3) is 0.111. The van der Waals surface area contributed by atoms with Crippen LogP contribution in [0.2, 0.25) is 0 Å². The van der Waals surface area contributed by atoms with Crippen LogP contribution < -0.4 is 15.4 Å². The second-order valence-electron chi connectivity index (χ2n) is 5.95. The first-order valence-corrected chi connectivity index (χ1v) is 9.64. The molecule has 0 aliphatic rings. The highest BCUT2D eigenvalue weighted by atomic mass is 32.2.